The highest BCUT2D eigenvalue weighted by Gasteiger charge is 2.24. The smallest absolute Gasteiger partial charge is 0.367 e. The minimum atomic E-state index is -0.461. The normalized spacial score (nSPS) is 15.1. The largest absolute Gasteiger partial charge is 0.464 e. The molecule has 4 nitrogen and oxygen atoms in total. The molecule has 74 valence electrons. The number of ketones is 1. The number of hydrogen-bond acceptors (Lipinski definition) is 5. The van der Waals surface area contributed by atoms with Crippen LogP contribution in [-0.2, 0) is 11.2 Å². The van der Waals surface area contributed by atoms with Crippen LogP contribution in [-0.4, -0.2) is 23.8 Å². The molecule has 1 heterocycles. The third-order valence-electron chi connectivity index (χ3n) is 2.13. The van der Waals surface area contributed by atoms with Gasteiger partial charge in [-0.05, 0) is 12.8 Å². The fraction of sp³-hybridized carbons (Fsp3) is 0.444. The van der Waals surface area contributed by atoms with Gasteiger partial charge in [-0.2, -0.15) is 0 Å². The molecule has 0 atom stereocenters. The van der Waals surface area contributed by atoms with E-state index in [2.05, 4.69) is 9.72 Å². The predicted octanol–water partition coefficient (Wildman–Crippen LogP) is 1.45. The van der Waals surface area contributed by atoms with E-state index < -0.39 is 5.97 Å². The lowest BCUT2D eigenvalue weighted by Gasteiger charge is -2.06. The summed E-state index contributed by atoms with van der Waals surface area (Å²) in [5, 5.41) is 0.285. The van der Waals surface area contributed by atoms with Gasteiger partial charge in [-0.25, -0.2) is 9.78 Å². The predicted molar refractivity (Wildman–Crippen MR) is 50.7 cm³/mol. The van der Waals surface area contributed by atoms with Crippen LogP contribution in [0.5, 0.6) is 0 Å². The van der Waals surface area contributed by atoms with E-state index >= 15 is 0 Å². The highest BCUT2D eigenvalue weighted by atomic mass is 32.1. The number of methoxy groups -OCH3 is 1. The second kappa shape index (κ2) is 3.49. The van der Waals surface area contributed by atoms with Crippen LogP contribution in [0.3, 0.4) is 0 Å². The zero-order valence-corrected chi connectivity index (χ0v) is 8.52. The number of esters is 1. The average molecular weight is 211 g/mol. The molecule has 0 radical (unpaired) electrons. The summed E-state index contributed by atoms with van der Waals surface area (Å²) in [6.45, 7) is 0. The third kappa shape index (κ3) is 1.43. The molecule has 0 N–H and O–H groups in total. The van der Waals surface area contributed by atoms with E-state index in [4.69, 9.17) is 0 Å². The standard InChI is InChI=1S/C9H9NO3S/c1-13-9(12)8-10-5-3-2-4-6(11)7(5)14-8/h2-4H2,1H3. The lowest BCUT2D eigenvalue weighted by atomic mass is 10.0. The lowest BCUT2D eigenvalue weighted by Crippen LogP contribution is -2.07. The summed E-state index contributed by atoms with van der Waals surface area (Å²) in [6, 6.07) is 0. The van der Waals surface area contributed by atoms with E-state index in [1.165, 1.54) is 7.11 Å². The fourth-order valence-electron chi connectivity index (χ4n) is 1.44. The zero-order valence-electron chi connectivity index (χ0n) is 7.70. The summed E-state index contributed by atoms with van der Waals surface area (Å²) in [4.78, 5) is 27.3. The van der Waals surface area contributed by atoms with Crippen LogP contribution in [0, 0.1) is 0 Å². The Balaban J connectivity index is 2.40. The number of rotatable bonds is 1. The lowest BCUT2D eigenvalue weighted by molar-refractivity contribution is 0.0600. The first kappa shape index (κ1) is 9.33. The Bertz CT molecular complexity index is 397. The van der Waals surface area contributed by atoms with Crippen LogP contribution in [0.1, 0.15) is 38.0 Å². The van der Waals surface area contributed by atoms with Crippen molar-refractivity contribution in [2.45, 2.75) is 19.3 Å². The van der Waals surface area contributed by atoms with Gasteiger partial charge in [-0.1, -0.05) is 0 Å². The van der Waals surface area contributed by atoms with Crippen molar-refractivity contribution in [3.8, 4) is 0 Å². The number of carbonyl (C=O) groups excluding carboxylic acids is 2. The second-order valence-corrected chi connectivity index (χ2v) is 4.06. The van der Waals surface area contributed by atoms with E-state index in [0.29, 0.717) is 11.3 Å². The summed E-state index contributed by atoms with van der Waals surface area (Å²) in [6.07, 6.45) is 2.18. The fourth-order valence-corrected chi connectivity index (χ4v) is 2.44. The number of thiazole rings is 1. The number of aryl methyl sites for hydroxylation is 1. The van der Waals surface area contributed by atoms with Crippen molar-refractivity contribution in [3.05, 3.63) is 15.6 Å². The van der Waals surface area contributed by atoms with E-state index in [0.717, 1.165) is 29.9 Å². The van der Waals surface area contributed by atoms with Crippen molar-refractivity contribution >= 4 is 23.1 Å². The highest BCUT2D eigenvalue weighted by molar-refractivity contribution is 7.15. The summed E-state index contributed by atoms with van der Waals surface area (Å²) < 4.78 is 4.55. The van der Waals surface area contributed by atoms with Crippen LogP contribution in [0.15, 0.2) is 0 Å². The first-order valence-corrected chi connectivity index (χ1v) is 5.15. The Labute approximate surface area is 84.9 Å². The first-order valence-electron chi connectivity index (χ1n) is 4.33. The van der Waals surface area contributed by atoms with Crippen LogP contribution in [0.2, 0.25) is 0 Å². The Morgan fingerprint density at radius 1 is 1.50 bits per heavy atom. The molecule has 0 fully saturated rings. The van der Waals surface area contributed by atoms with Gasteiger partial charge in [0, 0.05) is 6.42 Å². The molecule has 0 saturated heterocycles. The molecular weight excluding hydrogens is 202 g/mol. The molecule has 0 bridgehead atoms. The third-order valence-corrected chi connectivity index (χ3v) is 3.25. The number of fused-ring (bicyclic) bond motifs is 1. The molecule has 2 rings (SSSR count). The minimum Gasteiger partial charge on any atom is -0.464 e. The molecular formula is C9H9NO3S. The molecule has 0 aliphatic heterocycles. The quantitative estimate of drug-likeness (QED) is 0.660. The maximum atomic E-state index is 11.4. The van der Waals surface area contributed by atoms with Gasteiger partial charge in [0.1, 0.15) is 0 Å². The van der Waals surface area contributed by atoms with Crippen LogP contribution >= 0.6 is 11.3 Å². The topological polar surface area (TPSA) is 56.3 Å². The molecule has 0 amide bonds. The van der Waals surface area contributed by atoms with Crippen molar-refractivity contribution < 1.29 is 14.3 Å². The Morgan fingerprint density at radius 3 is 2.93 bits per heavy atom. The molecule has 0 aromatic carbocycles. The number of nitrogens with zero attached hydrogens (tertiary/aromatic N) is 1. The van der Waals surface area contributed by atoms with Gasteiger partial charge in [-0.15, -0.1) is 11.3 Å². The Hall–Kier alpha value is -1.23. The van der Waals surface area contributed by atoms with Gasteiger partial charge < -0.3 is 4.74 Å². The van der Waals surface area contributed by atoms with Crippen LogP contribution in [0.4, 0.5) is 0 Å². The summed E-state index contributed by atoms with van der Waals surface area (Å²) in [5.41, 5.74) is 0.756. The molecule has 0 spiro atoms. The zero-order chi connectivity index (χ0) is 10.1. The monoisotopic (exact) mass is 211 g/mol. The summed E-state index contributed by atoms with van der Waals surface area (Å²) in [5.74, 6) is -0.365. The van der Waals surface area contributed by atoms with Crippen molar-refractivity contribution in [1.82, 2.24) is 4.98 Å². The van der Waals surface area contributed by atoms with E-state index in [9.17, 15) is 9.59 Å². The number of ether oxygens (including phenoxy) is 1. The van der Waals surface area contributed by atoms with Crippen molar-refractivity contribution in [2.24, 2.45) is 0 Å². The Morgan fingerprint density at radius 2 is 2.29 bits per heavy atom. The highest BCUT2D eigenvalue weighted by Crippen LogP contribution is 2.26. The van der Waals surface area contributed by atoms with Crippen LogP contribution in [0.25, 0.3) is 0 Å². The van der Waals surface area contributed by atoms with Crippen molar-refractivity contribution in [3.63, 3.8) is 0 Å². The van der Waals surface area contributed by atoms with Gasteiger partial charge in [-0.3, -0.25) is 4.79 Å². The van der Waals surface area contributed by atoms with E-state index in [1.807, 2.05) is 0 Å². The van der Waals surface area contributed by atoms with Gasteiger partial charge in [0.05, 0.1) is 17.7 Å². The van der Waals surface area contributed by atoms with E-state index in [1.54, 1.807) is 0 Å². The molecule has 0 saturated carbocycles. The molecule has 1 aromatic heterocycles. The number of hydrogen-bond donors (Lipinski definition) is 0. The maximum Gasteiger partial charge on any atom is 0.367 e. The second-order valence-electron chi connectivity index (χ2n) is 3.06. The molecule has 1 aliphatic carbocycles. The minimum absolute atomic E-state index is 0.0962. The van der Waals surface area contributed by atoms with E-state index in [-0.39, 0.29) is 10.8 Å². The maximum absolute atomic E-state index is 11.4. The Kier molecular flexibility index (Phi) is 2.33. The number of aromatic nitrogens is 1. The van der Waals surface area contributed by atoms with Crippen LogP contribution < -0.4 is 0 Å². The van der Waals surface area contributed by atoms with Crippen molar-refractivity contribution in [1.29, 1.82) is 0 Å². The molecule has 0 unspecified atom stereocenters. The molecule has 14 heavy (non-hydrogen) atoms. The number of carbonyl (C=O) groups is 2. The first-order chi connectivity index (χ1) is 6.72. The van der Waals surface area contributed by atoms with Gasteiger partial charge in [0.2, 0.25) is 5.01 Å². The number of Topliss-reactive ketones (excluding diaryl/α,β-unsaturated/α-hetero) is 1. The van der Waals surface area contributed by atoms with Gasteiger partial charge >= 0.3 is 5.97 Å². The molecule has 5 heteroatoms. The van der Waals surface area contributed by atoms with Crippen molar-refractivity contribution in [2.75, 3.05) is 7.11 Å². The summed E-state index contributed by atoms with van der Waals surface area (Å²) in [7, 11) is 1.31. The van der Waals surface area contributed by atoms with Gasteiger partial charge in [0.15, 0.2) is 5.78 Å². The molecule has 1 aromatic rings. The average Bonchev–Trinajstić information content (AvgIpc) is 2.62. The van der Waals surface area contributed by atoms with Gasteiger partial charge in [0.25, 0.3) is 0 Å². The SMILES string of the molecule is COC(=O)c1nc2c(s1)C(=O)CCC2. The summed E-state index contributed by atoms with van der Waals surface area (Å²) >= 11 is 1.14. The molecule has 1 aliphatic rings.